The molecule has 0 aliphatic carbocycles. The summed E-state index contributed by atoms with van der Waals surface area (Å²) in [6, 6.07) is 9.67. The van der Waals surface area contributed by atoms with Gasteiger partial charge in [-0.2, -0.15) is 0 Å². The highest BCUT2D eigenvalue weighted by Crippen LogP contribution is 2.13. The number of aldehydes is 1. The second-order valence-corrected chi connectivity index (χ2v) is 2.33. The molecule has 0 fully saturated rings. The second kappa shape index (κ2) is 4.29. The van der Waals surface area contributed by atoms with Crippen LogP contribution < -0.4 is 0 Å². The van der Waals surface area contributed by atoms with Gasteiger partial charge in [0.05, 0.1) is 0 Å². The predicted molar refractivity (Wildman–Crippen MR) is 50.7 cm³/mol. The Morgan fingerprint density at radius 1 is 1.25 bits per heavy atom. The van der Waals surface area contributed by atoms with Crippen LogP contribution in [-0.4, -0.2) is 6.29 Å². The Hall–Kier alpha value is -1.63. The fourth-order valence-corrected chi connectivity index (χ4v) is 0.986. The van der Waals surface area contributed by atoms with Crippen molar-refractivity contribution in [2.45, 2.75) is 0 Å². The highest BCUT2D eigenvalue weighted by atomic mass is 16.1. The van der Waals surface area contributed by atoms with Crippen LogP contribution in [-0.2, 0) is 4.79 Å². The van der Waals surface area contributed by atoms with Crippen LogP contribution in [0, 0.1) is 0 Å². The Bertz CT molecular complexity index is 296. The molecule has 0 saturated carbocycles. The molecule has 12 heavy (non-hydrogen) atoms. The molecule has 60 valence electrons. The third-order valence-corrected chi connectivity index (χ3v) is 1.57. The van der Waals surface area contributed by atoms with E-state index in [1.165, 1.54) is 6.08 Å². The quantitative estimate of drug-likeness (QED) is 0.375. The number of carbonyl (C=O) groups is 1. The van der Waals surface area contributed by atoms with Crippen molar-refractivity contribution in [1.29, 1.82) is 0 Å². The molecule has 1 nitrogen and oxygen atoms in total. The molecule has 0 N–H and O–H groups in total. The predicted octanol–water partition coefficient (Wildman–Crippen LogP) is 2.45. The smallest absolute Gasteiger partial charge is 0.143 e. The third kappa shape index (κ3) is 1.92. The zero-order chi connectivity index (χ0) is 8.81. The lowest BCUT2D eigenvalue weighted by molar-refractivity contribution is -0.104. The van der Waals surface area contributed by atoms with Gasteiger partial charge in [-0.25, -0.2) is 0 Å². The maximum atomic E-state index is 10.2. The van der Waals surface area contributed by atoms with Crippen LogP contribution in [0.3, 0.4) is 0 Å². The summed E-state index contributed by atoms with van der Waals surface area (Å²) in [6.07, 6.45) is 3.94. The van der Waals surface area contributed by atoms with Crippen molar-refractivity contribution >= 4 is 11.9 Å². The first-order valence-corrected chi connectivity index (χ1v) is 3.72. The van der Waals surface area contributed by atoms with Crippen molar-refractivity contribution in [3.63, 3.8) is 0 Å². The highest BCUT2D eigenvalue weighted by Gasteiger charge is 1.93. The number of carbonyl (C=O) groups excluding carboxylic acids is 1. The fourth-order valence-electron chi connectivity index (χ4n) is 0.986. The van der Waals surface area contributed by atoms with Crippen LogP contribution in [0.25, 0.3) is 5.57 Å². The minimum atomic E-state index is 0.768. The molecule has 0 bridgehead atoms. The lowest BCUT2D eigenvalue weighted by Crippen LogP contribution is -1.79. The number of hydrogen-bond acceptors (Lipinski definition) is 1. The Morgan fingerprint density at radius 2 is 1.92 bits per heavy atom. The molecule has 1 rings (SSSR count). The monoisotopic (exact) mass is 158 g/mol. The van der Waals surface area contributed by atoms with E-state index in [0.29, 0.717) is 0 Å². The molecule has 0 aromatic heterocycles. The van der Waals surface area contributed by atoms with E-state index in [4.69, 9.17) is 0 Å². The van der Waals surface area contributed by atoms with E-state index in [-0.39, 0.29) is 0 Å². The van der Waals surface area contributed by atoms with Gasteiger partial charge in [0.15, 0.2) is 0 Å². The Kier molecular flexibility index (Phi) is 3.03. The summed E-state index contributed by atoms with van der Waals surface area (Å²) >= 11 is 0. The first kappa shape index (κ1) is 8.47. The molecule has 0 radical (unpaired) electrons. The summed E-state index contributed by atoms with van der Waals surface area (Å²) in [7, 11) is 0. The zero-order valence-corrected chi connectivity index (χ0v) is 6.73. The van der Waals surface area contributed by atoms with Crippen molar-refractivity contribution < 1.29 is 4.79 Å². The maximum Gasteiger partial charge on any atom is 0.143 e. The van der Waals surface area contributed by atoms with Gasteiger partial charge in [-0.15, -0.1) is 0 Å². The van der Waals surface area contributed by atoms with Crippen molar-refractivity contribution in [1.82, 2.24) is 0 Å². The molecular weight excluding hydrogens is 148 g/mol. The van der Waals surface area contributed by atoms with E-state index in [0.717, 1.165) is 17.4 Å². The van der Waals surface area contributed by atoms with Crippen molar-refractivity contribution in [2.24, 2.45) is 0 Å². The first-order chi connectivity index (χ1) is 5.88. The third-order valence-electron chi connectivity index (χ3n) is 1.57. The molecule has 0 saturated heterocycles. The zero-order valence-electron chi connectivity index (χ0n) is 6.73. The number of hydrogen-bond donors (Lipinski definition) is 0. The van der Waals surface area contributed by atoms with Gasteiger partial charge in [0.2, 0.25) is 0 Å². The molecule has 1 heteroatoms. The standard InChI is InChI=1S/C11H10O/c1-2-10(8-9-12)11-6-4-3-5-7-11/h2-9H,1H2/b10-8+. The van der Waals surface area contributed by atoms with Gasteiger partial charge in [0.25, 0.3) is 0 Å². The van der Waals surface area contributed by atoms with E-state index in [1.54, 1.807) is 6.08 Å². The van der Waals surface area contributed by atoms with Crippen LogP contribution in [0.1, 0.15) is 5.56 Å². The minimum absolute atomic E-state index is 0.768. The molecule has 0 atom stereocenters. The summed E-state index contributed by atoms with van der Waals surface area (Å²) in [4.78, 5) is 10.2. The molecule has 1 aromatic rings. The highest BCUT2D eigenvalue weighted by molar-refractivity contribution is 5.85. The largest absolute Gasteiger partial charge is 0.299 e. The van der Waals surface area contributed by atoms with Gasteiger partial charge < -0.3 is 0 Å². The summed E-state index contributed by atoms with van der Waals surface area (Å²) in [5, 5.41) is 0. The van der Waals surface area contributed by atoms with E-state index in [9.17, 15) is 4.79 Å². The van der Waals surface area contributed by atoms with Gasteiger partial charge in [0.1, 0.15) is 6.29 Å². The molecule has 0 unspecified atom stereocenters. The Balaban J connectivity index is 3.03. The van der Waals surface area contributed by atoms with Crippen LogP contribution in [0.5, 0.6) is 0 Å². The molecule has 1 aromatic carbocycles. The van der Waals surface area contributed by atoms with E-state index >= 15 is 0 Å². The van der Waals surface area contributed by atoms with E-state index in [2.05, 4.69) is 6.58 Å². The normalized spacial score (nSPS) is 10.8. The summed E-state index contributed by atoms with van der Waals surface area (Å²) < 4.78 is 0. The van der Waals surface area contributed by atoms with Gasteiger partial charge in [0, 0.05) is 0 Å². The van der Waals surface area contributed by atoms with Gasteiger partial charge >= 0.3 is 0 Å². The number of allylic oxidation sites excluding steroid dienone is 3. The van der Waals surface area contributed by atoms with Crippen molar-refractivity contribution in [2.75, 3.05) is 0 Å². The summed E-state index contributed by atoms with van der Waals surface area (Å²) in [5.74, 6) is 0. The van der Waals surface area contributed by atoms with Crippen LogP contribution in [0.2, 0.25) is 0 Å². The topological polar surface area (TPSA) is 17.1 Å². The van der Waals surface area contributed by atoms with Crippen molar-refractivity contribution in [3.8, 4) is 0 Å². The lowest BCUT2D eigenvalue weighted by atomic mass is 10.1. The second-order valence-electron chi connectivity index (χ2n) is 2.33. The van der Waals surface area contributed by atoms with E-state index in [1.807, 2.05) is 30.3 Å². The lowest BCUT2D eigenvalue weighted by Gasteiger charge is -1.98. The maximum absolute atomic E-state index is 10.2. The van der Waals surface area contributed by atoms with Crippen LogP contribution in [0.15, 0.2) is 49.1 Å². The molecular formula is C11H10O. The van der Waals surface area contributed by atoms with Crippen molar-refractivity contribution in [3.05, 3.63) is 54.6 Å². The van der Waals surface area contributed by atoms with Crippen LogP contribution >= 0.6 is 0 Å². The summed E-state index contributed by atoms with van der Waals surface area (Å²) in [6.45, 7) is 3.63. The fraction of sp³-hybridized carbons (Fsp3) is 0. The van der Waals surface area contributed by atoms with Gasteiger partial charge in [-0.05, 0) is 17.2 Å². The van der Waals surface area contributed by atoms with E-state index < -0.39 is 0 Å². The average molecular weight is 158 g/mol. The average Bonchev–Trinajstić information content (AvgIpc) is 2.15. The Labute approximate surface area is 72.0 Å². The Morgan fingerprint density at radius 3 is 2.42 bits per heavy atom. The molecule has 0 aliphatic heterocycles. The molecule has 0 amide bonds. The number of rotatable bonds is 3. The molecule has 0 heterocycles. The SMILES string of the molecule is C=C/C(=C\C=O)c1ccccc1. The molecule has 0 aliphatic rings. The summed E-state index contributed by atoms with van der Waals surface area (Å²) in [5.41, 5.74) is 1.87. The van der Waals surface area contributed by atoms with Crippen LogP contribution in [0.4, 0.5) is 0 Å². The van der Waals surface area contributed by atoms with Gasteiger partial charge in [-0.1, -0.05) is 43.0 Å². The minimum Gasteiger partial charge on any atom is -0.299 e. The first-order valence-electron chi connectivity index (χ1n) is 3.72. The van der Waals surface area contributed by atoms with Gasteiger partial charge in [-0.3, -0.25) is 4.79 Å². The number of benzene rings is 1. The molecule has 0 spiro atoms.